The number of halogens is 2. The zero-order chi connectivity index (χ0) is 9.26. The molecule has 0 saturated heterocycles. The molecule has 0 aliphatic carbocycles. The van der Waals surface area contributed by atoms with Gasteiger partial charge in [0.05, 0.1) is 6.61 Å². The fourth-order valence-electron chi connectivity index (χ4n) is 1.47. The van der Waals surface area contributed by atoms with E-state index in [0.29, 0.717) is 4.83 Å². The van der Waals surface area contributed by atoms with Crippen LogP contribution < -0.4 is 4.74 Å². The van der Waals surface area contributed by atoms with E-state index in [-0.39, 0.29) is 0 Å². The molecule has 2 rings (SSSR count). The van der Waals surface area contributed by atoms with Crippen molar-refractivity contribution in [3.8, 4) is 5.75 Å². The third-order valence-corrected chi connectivity index (χ3v) is 3.43. The standard InChI is InChI=1S/C10H10Br2O/c11-8-2-1-7-5-9(12)3-4-13-10(7)6-8/h1-2,6,9H,3-5H2. The van der Waals surface area contributed by atoms with Gasteiger partial charge in [0, 0.05) is 9.30 Å². The lowest BCUT2D eigenvalue weighted by molar-refractivity contribution is 0.318. The molecule has 13 heavy (non-hydrogen) atoms. The van der Waals surface area contributed by atoms with Crippen molar-refractivity contribution in [1.82, 2.24) is 0 Å². The van der Waals surface area contributed by atoms with Gasteiger partial charge in [-0.05, 0) is 30.5 Å². The fraction of sp³-hybridized carbons (Fsp3) is 0.400. The van der Waals surface area contributed by atoms with Crippen LogP contribution in [0.25, 0.3) is 0 Å². The number of rotatable bonds is 0. The molecule has 1 aromatic rings. The van der Waals surface area contributed by atoms with E-state index < -0.39 is 0 Å². The summed E-state index contributed by atoms with van der Waals surface area (Å²) in [5, 5.41) is 0. The molecule has 0 fully saturated rings. The van der Waals surface area contributed by atoms with Gasteiger partial charge in [0.15, 0.2) is 0 Å². The van der Waals surface area contributed by atoms with Crippen LogP contribution in [0.15, 0.2) is 22.7 Å². The smallest absolute Gasteiger partial charge is 0.123 e. The van der Waals surface area contributed by atoms with Gasteiger partial charge >= 0.3 is 0 Å². The Morgan fingerprint density at radius 2 is 2.23 bits per heavy atom. The Hall–Kier alpha value is -0.0200. The zero-order valence-electron chi connectivity index (χ0n) is 7.09. The normalized spacial score (nSPS) is 21.5. The van der Waals surface area contributed by atoms with Crippen LogP contribution in [0.1, 0.15) is 12.0 Å². The minimum absolute atomic E-state index is 0.551. The maximum atomic E-state index is 5.64. The first-order chi connectivity index (χ1) is 6.25. The van der Waals surface area contributed by atoms with Gasteiger partial charge in [-0.3, -0.25) is 0 Å². The lowest BCUT2D eigenvalue weighted by Gasteiger charge is -2.06. The summed E-state index contributed by atoms with van der Waals surface area (Å²) in [6.07, 6.45) is 2.13. The molecule has 0 aromatic heterocycles. The number of hydrogen-bond acceptors (Lipinski definition) is 1. The molecule has 1 aliphatic heterocycles. The lowest BCUT2D eigenvalue weighted by Crippen LogP contribution is -2.02. The molecule has 1 aromatic carbocycles. The van der Waals surface area contributed by atoms with E-state index >= 15 is 0 Å². The summed E-state index contributed by atoms with van der Waals surface area (Å²) in [5.74, 6) is 1.02. The Kier molecular flexibility index (Phi) is 2.94. The van der Waals surface area contributed by atoms with E-state index in [1.807, 2.05) is 6.07 Å². The van der Waals surface area contributed by atoms with E-state index in [4.69, 9.17) is 4.74 Å². The number of benzene rings is 1. The van der Waals surface area contributed by atoms with Crippen molar-refractivity contribution in [3.05, 3.63) is 28.2 Å². The van der Waals surface area contributed by atoms with Crippen molar-refractivity contribution in [2.75, 3.05) is 6.61 Å². The van der Waals surface area contributed by atoms with Gasteiger partial charge in [-0.25, -0.2) is 0 Å². The van der Waals surface area contributed by atoms with Crippen LogP contribution in [0.3, 0.4) is 0 Å². The Bertz CT molecular complexity index is 312. The molecular formula is C10H10Br2O. The maximum absolute atomic E-state index is 5.64. The van der Waals surface area contributed by atoms with E-state index in [2.05, 4.69) is 44.0 Å². The first-order valence-corrected chi connectivity index (χ1v) is 6.02. The average molecular weight is 306 g/mol. The molecule has 0 N–H and O–H groups in total. The molecule has 0 bridgehead atoms. The van der Waals surface area contributed by atoms with Gasteiger partial charge < -0.3 is 4.74 Å². The first-order valence-electron chi connectivity index (χ1n) is 4.31. The van der Waals surface area contributed by atoms with E-state index in [1.165, 1.54) is 5.56 Å². The van der Waals surface area contributed by atoms with E-state index in [1.54, 1.807) is 0 Å². The topological polar surface area (TPSA) is 9.23 Å². The Morgan fingerprint density at radius 3 is 3.08 bits per heavy atom. The molecule has 0 radical (unpaired) electrons. The summed E-state index contributed by atoms with van der Waals surface area (Å²) >= 11 is 7.07. The Balaban J connectivity index is 2.34. The average Bonchev–Trinajstić information content (AvgIpc) is 2.25. The molecule has 1 unspecified atom stereocenters. The highest BCUT2D eigenvalue weighted by atomic mass is 79.9. The maximum Gasteiger partial charge on any atom is 0.123 e. The van der Waals surface area contributed by atoms with Crippen LogP contribution in [0.4, 0.5) is 0 Å². The fourth-order valence-corrected chi connectivity index (χ4v) is 2.34. The largest absolute Gasteiger partial charge is 0.493 e. The summed E-state index contributed by atoms with van der Waals surface area (Å²) < 4.78 is 6.72. The van der Waals surface area contributed by atoms with Gasteiger partial charge in [0.2, 0.25) is 0 Å². The monoisotopic (exact) mass is 304 g/mol. The van der Waals surface area contributed by atoms with E-state index in [9.17, 15) is 0 Å². The number of hydrogen-bond donors (Lipinski definition) is 0. The van der Waals surface area contributed by atoms with Crippen molar-refractivity contribution in [2.24, 2.45) is 0 Å². The third kappa shape index (κ3) is 2.26. The van der Waals surface area contributed by atoms with Gasteiger partial charge in [0.1, 0.15) is 5.75 Å². The molecule has 70 valence electrons. The molecule has 0 saturated carbocycles. The summed E-state index contributed by atoms with van der Waals surface area (Å²) in [5.41, 5.74) is 1.29. The molecule has 3 heteroatoms. The molecule has 1 nitrogen and oxygen atoms in total. The second-order valence-electron chi connectivity index (χ2n) is 3.19. The quantitative estimate of drug-likeness (QED) is 0.666. The Morgan fingerprint density at radius 1 is 1.38 bits per heavy atom. The van der Waals surface area contributed by atoms with Gasteiger partial charge in [-0.15, -0.1) is 0 Å². The molecule has 1 atom stereocenters. The number of alkyl halides is 1. The van der Waals surface area contributed by atoms with Crippen LogP contribution in [-0.2, 0) is 6.42 Å². The van der Waals surface area contributed by atoms with Gasteiger partial charge in [0.25, 0.3) is 0 Å². The predicted molar refractivity (Wildman–Crippen MR) is 60.7 cm³/mol. The molecule has 0 amide bonds. The van der Waals surface area contributed by atoms with Gasteiger partial charge in [-0.2, -0.15) is 0 Å². The second-order valence-corrected chi connectivity index (χ2v) is 5.40. The van der Waals surface area contributed by atoms with E-state index in [0.717, 1.165) is 29.7 Å². The zero-order valence-corrected chi connectivity index (χ0v) is 10.3. The summed E-state index contributed by atoms with van der Waals surface area (Å²) in [6, 6.07) is 6.23. The van der Waals surface area contributed by atoms with Crippen LogP contribution in [-0.4, -0.2) is 11.4 Å². The minimum atomic E-state index is 0.551. The predicted octanol–water partition coefficient (Wildman–Crippen LogP) is 3.54. The highest BCUT2D eigenvalue weighted by molar-refractivity contribution is 9.10. The Labute approximate surface area is 94.7 Å². The van der Waals surface area contributed by atoms with Crippen molar-refractivity contribution in [2.45, 2.75) is 17.7 Å². The lowest BCUT2D eigenvalue weighted by atomic mass is 10.1. The molecule has 1 heterocycles. The van der Waals surface area contributed by atoms with Crippen LogP contribution >= 0.6 is 31.9 Å². The highest BCUT2D eigenvalue weighted by Crippen LogP contribution is 2.29. The third-order valence-electron chi connectivity index (χ3n) is 2.16. The summed E-state index contributed by atoms with van der Waals surface area (Å²) in [7, 11) is 0. The van der Waals surface area contributed by atoms with Gasteiger partial charge in [-0.1, -0.05) is 37.9 Å². The minimum Gasteiger partial charge on any atom is -0.493 e. The van der Waals surface area contributed by atoms with Crippen molar-refractivity contribution < 1.29 is 4.74 Å². The summed E-state index contributed by atoms with van der Waals surface area (Å²) in [4.78, 5) is 0.551. The number of ether oxygens (including phenoxy) is 1. The molecule has 1 aliphatic rings. The van der Waals surface area contributed by atoms with Crippen LogP contribution in [0.2, 0.25) is 0 Å². The molecule has 0 spiro atoms. The summed E-state index contributed by atoms with van der Waals surface area (Å²) in [6.45, 7) is 0.805. The van der Waals surface area contributed by atoms with Crippen LogP contribution in [0.5, 0.6) is 5.75 Å². The highest BCUT2D eigenvalue weighted by Gasteiger charge is 2.14. The van der Waals surface area contributed by atoms with Crippen molar-refractivity contribution in [1.29, 1.82) is 0 Å². The number of fused-ring (bicyclic) bond motifs is 1. The van der Waals surface area contributed by atoms with Crippen LogP contribution in [0, 0.1) is 0 Å². The van der Waals surface area contributed by atoms with Crippen molar-refractivity contribution in [3.63, 3.8) is 0 Å². The molecular weight excluding hydrogens is 296 g/mol. The van der Waals surface area contributed by atoms with Crippen molar-refractivity contribution >= 4 is 31.9 Å². The second kappa shape index (κ2) is 4.01. The first kappa shape index (κ1) is 9.53. The SMILES string of the molecule is Brc1ccc2c(c1)OCCC(Br)C2.